The van der Waals surface area contributed by atoms with E-state index in [9.17, 15) is 23.4 Å². The molecule has 1 amide bonds. The van der Waals surface area contributed by atoms with Gasteiger partial charge in [0, 0.05) is 18.8 Å². The van der Waals surface area contributed by atoms with Gasteiger partial charge in [-0.2, -0.15) is 0 Å². The van der Waals surface area contributed by atoms with Crippen LogP contribution in [0.4, 0.5) is 0 Å². The molecular weight excluding hydrogens is 454 g/mol. The number of aliphatic hydroxyl groups is 2. The molecule has 1 heterocycles. The molecule has 2 aliphatic rings. The van der Waals surface area contributed by atoms with Crippen LogP contribution in [0.25, 0.3) is 0 Å². The number of fused-ring (bicyclic) bond motifs is 1. The number of carbonyl (C=O) groups excluding carboxylic acids is 1. The summed E-state index contributed by atoms with van der Waals surface area (Å²) in [7, 11) is -3.58. The van der Waals surface area contributed by atoms with Gasteiger partial charge in [-0.05, 0) is 64.7 Å². The summed E-state index contributed by atoms with van der Waals surface area (Å²) in [6.45, 7) is 11.3. The summed E-state index contributed by atoms with van der Waals surface area (Å²) in [5.41, 5.74) is 0.945. The fourth-order valence-corrected chi connectivity index (χ4v) is 5.35. The second kappa shape index (κ2) is 12.2. The highest BCUT2D eigenvalue weighted by Crippen LogP contribution is 2.45. The van der Waals surface area contributed by atoms with E-state index in [0.29, 0.717) is 12.8 Å². The number of rotatable bonds is 12. The van der Waals surface area contributed by atoms with Crippen molar-refractivity contribution in [3.05, 3.63) is 23.8 Å². The predicted molar refractivity (Wildman–Crippen MR) is 135 cm³/mol. The summed E-state index contributed by atoms with van der Waals surface area (Å²) in [4.78, 5) is 11.9. The summed E-state index contributed by atoms with van der Waals surface area (Å²) in [5.74, 6) is -0.267. The summed E-state index contributed by atoms with van der Waals surface area (Å²) in [6.07, 6.45) is 9.60. The van der Waals surface area contributed by atoms with Crippen molar-refractivity contribution < 1.29 is 28.2 Å². The van der Waals surface area contributed by atoms with E-state index in [0.717, 1.165) is 25.7 Å². The second-order valence-electron chi connectivity index (χ2n) is 11.2. The monoisotopic (exact) mass is 499 g/mol. The largest absolute Gasteiger partial charge is 0.392 e. The van der Waals surface area contributed by atoms with Crippen LogP contribution < -0.4 is 4.72 Å². The van der Waals surface area contributed by atoms with Gasteiger partial charge in [0.25, 0.3) is 0 Å². The number of aliphatic hydroxyl groups excluding tert-OH is 2. The van der Waals surface area contributed by atoms with E-state index < -0.39 is 33.4 Å². The van der Waals surface area contributed by atoms with Gasteiger partial charge in [0.2, 0.25) is 15.9 Å². The number of unbranched alkanes of at least 4 members (excludes halogenated alkanes) is 1. The molecule has 2 rings (SSSR count). The van der Waals surface area contributed by atoms with E-state index in [1.165, 1.54) is 19.4 Å². The van der Waals surface area contributed by atoms with Crippen molar-refractivity contribution in [1.29, 1.82) is 0 Å². The van der Waals surface area contributed by atoms with E-state index in [1.54, 1.807) is 0 Å². The molecule has 1 unspecified atom stereocenters. The number of allylic oxidation sites excluding steroid dienone is 2. The van der Waals surface area contributed by atoms with Crippen molar-refractivity contribution in [2.24, 2.45) is 17.3 Å². The standard InChI is InChI=1S/C26H45NO6S/c1-17(2)13-14-26(5,6)24(29)12-11-20-21-15-19(33-23(21)16-22(20)28)9-7-8-10-25(30)27-34(31,32)18(3)4/h11-13,18-24,28-29H,7-10,14-16H2,1-6H3,(H,27,30)/b12-11+/t19-,20-,21-,22?,23+,24-/m1/s1. The van der Waals surface area contributed by atoms with Crippen LogP contribution in [-0.2, 0) is 19.6 Å². The summed E-state index contributed by atoms with van der Waals surface area (Å²) < 4.78 is 31.8. The van der Waals surface area contributed by atoms with Crippen LogP contribution in [0.15, 0.2) is 23.8 Å². The Bertz CT molecular complexity index is 843. The molecule has 0 bridgehead atoms. The Labute approximate surface area is 206 Å². The average Bonchev–Trinajstić information content (AvgIpc) is 3.23. The first-order chi connectivity index (χ1) is 15.7. The van der Waals surface area contributed by atoms with E-state index in [2.05, 4.69) is 24.6 Å². The number of ether oxygens (including phenoxy) is 1. The highest BCUT2D eigenvalue weighted by molar-refractivity contribution is 7.90. The van der Waals surface area contributed by atoms with E-state index in [1.807, 2.05) is 26.0 Å². The molecule has 2 fully saturated rings. The summed E-state index contributed by atoms with van der Waals surface area (Å²) >= 11 is 0. The van der Waals surface area contributed by atoms with Gasteiger partial charge in [-0.15, -0.1) is 0 Å². The quantitative estimate of drug-likeness (QED) is 0.278. The van der Waals surface area contributed by atoms with Crippen LogP contribution in [0.5, 0.6) is 0 Å². The van der Waals surface area contributed by atoms with Gasteiger partial charge >= 0.3 is 0 Å². The summed E-state index contributed by atoms with van der Waals surface area (Å²) in [6, 6.07) is 0. The van der Waals surface area contributed by atoms with E-state index in [-0.39, 0.29) is 35.9 Å². The minimum absolute atomic E-state index is 0.0185. The van der Waals surface area contributed by atoms with Crippen molar-refractivity contribution in [2.45, 2.75) is 116 Å². The zero-order chi connectivity index (χ0) is 25.7. The SMILES string of the molecule is CC(C)=CCC(C)(C)[C@H](O)/C=C/[C@H]1C(O)C[C@@H]2O[C@H](CCCCC(=O)NS(=O)(=O)C(C)C)C[C@@H]21. The predicted octanol–water partition coefficient (Wildman–Crippen LogP) is 3.86. The first kappa shape index (κ1) is 29.0. The molecule has 3 N–H and O–H groups in total. The van der Waals surface area contributed by atoms with Gasteiger partial charge < -0.3 is 14.9 Å². The molecular formula is C26H45NO6S. The van der Waals surface area contributed by atoms with Crippen LogP contribution >= 0.6 is 0 Å². The zero-order valence-electron chi connectivity index (χ0n) is 21.7. The van der Waals surface area contributed by atoms with Gasteiger partial charge in [-0.25, -0.2) is 8.42 Å². The molecule has 1 aliphatic carbocycles. The molecule has 7 nitrogen and oxygen atoms in total. The lowest BCUT2D eigenvalue weighted by Crippen LogP contribution is -2.35. The number of nitrogens with one attached hydrogen (secondary N) is 1. The van der Waals surface area contributed by atoms with Crippen molar-refractivity contribution >= 4 is 15.9 Å². The fraction of sp³-hybridized carbons (Fsp3) is 0.808. The van der Waals surface area contributed by atoms with Gasteiger partial charge in [0.05, 0.1) is 29.7 Å². The van der Waals surface area contributed by atoms with Crippen molar-refractivity contribution in [3.8, 4) is 0 Å². The smallest absolute Gasteiger partial charge is 0.237 e. The highest BCUT2D eigenvalue weighted by atomic mass is 32.2. The Kier molecular flexibility index (Phi) is 10.4. The van der Waals surface area contributed by atoms with E-state index >= 15 is 0 Å². The third kappa shape index (κ3) is 8.18. The number of hydrogen-bond acceptors (Lipinski definition) is 6. The fourth-order valence-electron chi connectivity index (χ4n) is 4.70. The molecule has 8 heteroatoms. The van der Waals surface area contributed by atoms with Gasteiger partial charge in [0.1, 0.15) is 0 Å². The molecule has 0 aromatic carbocycles. The van der Waals surface area contributed by atoms with E-state index in [4.69, 9.17) is 4.74 Å². The lowest BCUT2D eigenvalue weighted by atomic mass is 9.81. The van der Waals surface area contributed by atoms with Crippen LogP contribution in [0.3, 0.4) is 0 Å². The number of amides is 1. The minimum Gasteiger partial charge on any atom is -0.392 e. The Balaban J connectivity index is 1.81. The zero-order valence-corrected chi connectivity index (χ0v) is 22.5. The topological polar surface area (TPSA) is 113 Å². The van der Waals surface area contributed by atoms with Crippen LogP contribution in [0.1, 0.15) is 86.5 Å². The average molecular weight is 500 g/mol. The van der Waals surface area contributed by atoms with Gasteiger partial charge in [-0.3, -0.25) is 9.52 Å². The maximum atomic E-state index is 11.9. The first-order valence-corrected chi connectivity index (χ1v) is 14.2. The van der Waals surface area contributed by atoms with Crippen LogP contribution in [-0.4, -0.2) is 54.2 Å². The van der Waals surface area contributed by atoms with Crippen LogP contribution in [0, 0.1) is 17.3 Å². The Morgan fingerprint density at radius 2 is 1.88 bits per heavy atom. The maximum absolute atomic E-state index is 11.9. The number of hydrogen-bond donors (Lipinski definition) is 3. The highest BCUT2D eigenvalue weighted by Gasteiger charge is 2.47. The lowest BCUT2D eigenvalue weighted by molar-refractivity contribution is -0.119. The minimum atomic E-state index is -3.58. The Morgan fingerprint density at radius 1 is 1.21 bits per heavy atom. The molecule has 196 valence electrons. The van der Waals surface area contributed by atoms with Crippen molar-refractivity contribution in [2.75, 3.05) is 0 Å². The number of carbonyl (C=O) groups is 1. The maximum Gasteiger partial charge on any atom is 0.237 e. The molecule has 1 saturated carbocycles. The van der Waals surface area contributed by atoms with Gasteiger partial charge in [-0.1, -0.05) is 44.1 Å². The molecule has 34 heavy (non-hydrogen) atoms. The summed E-state index contributed by atoms with van der Waals surface area (Å²) in [5, 5.41) is 20.6. The third-order valence-electron chi connectivity index (χ3n) is 7.20. The van der Waals surface area contributed by atoms with Crippen molar-refractivity contribution in [3.63, 3.8) is 0 Å². The Hall–Kier alpha value is -1.22. The van der Waals surface area contributed by atoms with Crippen molar-refractivity contribution in [1.82, 2.24) is 4.72 Å². The molecule has 1 saturated heterocycles. The molecule has 0 spiro atoms. The molecule has 0 aromatic rings. The lowest BCUT2D eigenvalue weighted by Gasteiger charge is -2.28. The number of sulfonamides is 1. The third-order valence-corrected chi connectivity index (χ3v) is 8.96. The normalized spacial score (nSPS) is 28.3. The van der Waals surface area contributed by atoms with Gasteiger partial charge in [0.15, 0.2) is 0 Å². The molecule has 0 radical (unpaired) electrons. The Morgan fingerprint density at radius 3 is 2.50 bits per heavy atom. The molecule has 0 aromatic heterocycles. The molecule has 1 aliphatic heterocycles. The molecule has 6 atom stereocenters. The second-order valence-corrected chi connectivity index (χ2v) is 13.5. The van der Waals surface area contributed by atoms with Crippen LogP contribution in [0.2, 0.25) is 0 Å². The first-order valence-electron chi connectivity index (χ1n) is 12.6.